The molecule has 4 nitrogen and oxygen atoms in total. The zero-order valence-corrected chi connectivity index (χ0v) is 13.7. The van der Waals surface area contributed by atoms with Crippen LogP contribution in [0.15, 0.2) is 59.0 Å². The lowest BCUT2D eigenvalue weighted by atomic mass is 10.2. The van der Waals surface area contributed by atoms with Crippen molar-refractivity contribution in [1.29, 1.82) is 0 Å². The number of esters is 1. The van der Waals surface area contributed by atoms with Crippen LogP contribution in [0.5, 0.6) is 5.75 Å². The average Bonchev–Trinajstić information content (AvgIpc) is 3.03. The zero-order valence-electron chi connectivity index (χ0n) is 13.7. The van der Waals surface area contributed by atoms with Crippen LogP contribution in [-0.2, 0) is 22.6 Å². The standard InChI is InChI=1S/C20H20O4/c1-2-22-20(21)12-11-16-13-17-18(9-6-10-19(17)24-16)23-14-15-7-4-3-5-8-15/h3-10,13H,2,11-12,14H2,1H3. The van der Waals surface area contributed by atoms with E-state index in [2.05, 4.69) is 0 Å². The molecule has 0 fully saturated rings. The first kappa shape index (κ1) is 16.1. The summed E-state index contributed by atoms with van der Waals surface area (Å²) in [4.78, 5) is 11.5. The largest absolute Gasteiger partial charge is 0.488 e. The Kier molecular flexibility index (Phi) is 5.16. The molecule has 1 aromatic heterocycles. The van der Waals surface area contributed by atoms with Crippen molar-refractivity contribution < 1.29 is 18.7 Å². The second kappa shape index (κ2) is 7.68. The van der Waals surface area contributed by atoms with Gasteiger partial charge in [0, 0.05) is 6.42 Å². The lowest BCUT2D eigenvalue weighted by Gasteiger charge is -2.06. The van der Waals surface area contributed by atoms with Gasteiger partial charge in [-0.1, -0.05) is 36.4 Å². The second-order valence-electron chi connectivity index (χ2n) is 5.46. The van der Waals surface area contributed by atoms with Crippen LogP contribution in [0.25, 0.3) is 11.0 Å². The van der Waals surface area contributed by atoms with E-state index in [4.69, 9.17) is 13.9 Å². The highest BCUT2D eigenvalue weighted by Crippen LogP contribution is 2.29. The molecule has 0 amide bonds. The van der Waals surface area contributed by atoms with Gasteiger partial charge in [-0.25, -0.2) is 0 Å². The van der Waals surface area contributed by atoms with Gasteiger partial charge in [0.25, 0.3) is 0 Å². The van der Waals surface area contributed by atoms with Gasteiger partial charge < -0.3 is 13.9 Å². The third kappa shape index (κ3) is 3.96. The quantitative estimate of drug-likeness (QED) is 0.600. The number of carbonyl (C=O) groups is 1. The van der Waals surface area contributed by atoms with Crippen LogP contribution in [0.1, 0.15) is 24.7 Å². The van der Waals surface area contributed by atoms with Crippen LogP contribution >= 0.6 is 0 Å². The van der Waals surface area contributed by atoms with Crippen molar-refractivity contribution in [3.8, 4) is 5.75 Å². The molecule has 24 heavy (non-hydrogen) atoms. The molecule has 0 aliphatic heterocycles. The van der Waals surface area contributed by atoms with Crippen molar-refractivity contribution in [2.24, 2.45) is 0 Å². The van der Waals surface area contributed by atoms with Gasteiger partial charge in [-0.05, 0) is 30.7 Å². The van der Waals surface area contributed by atoms with Gasteiger partial charge in [-0.15, -0.1) is 0 Å². The van der Waals surface area contributed by atoms with E-state index >= 15 is 0 Å². The number of benzene rings is 2. The van der Waals surface area contributed by atoms with Gasteiger partial charge in [-0.2, -0.15) is 0 Å². The van der Waals surface area contributed by atoms with E-state index in [0.29, 0.717) is 26.1 Å². The molecule has 0 aliphatic carbocycles. The van der Waals surface area contributed by atoms with Crippen molar-refractivity contribution in [3.63, 3.8) is 0 Å². The van der Waals surface area contributed by atoms with Crippen LogP contribution in [0.4, 0.5) is 0 Å². The smallest absolute Gasteiger partial charge is 0.306 e. The highest BCUT2D eigenvalue weighted by Gasteiger charge is 2.11. The van der Waals surface area contributed by atoms with Crippen molar-refractivity contribution in [1.82, 2.24) is 0 Å². The maximum absolute atomic E-state index is 11.5. The topological polar surface area (TPSA) is 48.7 Å². The predicted octanol–water partition coefficient (Wildman–Crippen LogP) is 4.51. The van der Waals surface area contributed by atoms with E-state index in [0.717, 1.165) is 28.0 Å². The molecule has 0 bridgehead atoms. The minimum atomic E-state index is -0.210. The molecule has 0 aliphatic rings. The number of carbonyl (C=O) groups excluding carboxylic acids is 1. The van der Waals surface area contributed by atoms with E-state index in [1.165, 1.54) is 0 Å². The molecule has 0 saturated carbocycles. The maximum atomic E-state index is 11.5. The van der Waals surface area contributed by atoms with E-state index in [1.807, 2.05) is 54.6 Å². The number of hydrogen-bond donors (Lipinski definition) is 0. The first-order valence-electron chi connectivity index (χ1n) is 8.10. The number of fused-ring (bicyclic) bond motifs is 1. The Morgan fingerprint density at radius 2 is 1.92 bits per heavy atom. The van der Waals surface area contributed by atoms with Gasteiger partial charge in [0.15, 0.2) is 0 Å². The highest BCUT2D eigenvalue weighted by molar-refractivity contribution is 5.84. The summed E-state index contributed by atoms with van der Waals surface area (Å²) in [7, 11) is 0. The summed E-state index contributed by atoms with van der Waals surface area (Å²) in [6.45, 7) is 2.70. The third-order valence-electron chi connectivity index (χ3n) is 3.69. The van der Waals surface area contributed by atoms with Gasteiger partial charge in [-0.3, -0.25) is 4.79 Å². The lowest BCUT2D eigenvalue weighted by molar-refractivity contribution is -0.143. The first-order valence-corrected chi connectivity index (χ1v) is 8.10. The summed E-state index contributed by atoms with van der Waals surface area (Å²) in [6, 6.07) is 17.7. The lowest BCUT2D eigenvalue weighted by Crippen LogP contribution is -2.04. The fraction of sp³-hybridized carbons (Fsp3) is 0.250. The minimum Gasteiger partial charge on any atom is -0.488 e. The molecule has 0 unspecified atom stereocenters. The molecule has 124 valence electrons. The Morgan fingerprint density at radius 1 is 1.08 bits per heavy atom. The van der Waals surface area contributed by atoms with Crippen molar-refractivity contribution in [2.75, 3.05) is 6.61 Å². The average molecular weight is 324 g/mol. The SMILES string of the molecule is CCOC(=O)CCc1cc2c(OCc3ccccc3)cccc2o1. The normalized spacial score (nSPS) is 10.7. The predicted molar refractivity (Wildman–Crippen MR) is 91.9 cm³/mol. The van der Waals surface area contributed by atoms with Crippen LogP contribution in [-0.4, -0.2) is 12.6 Å². The summed E-state index contributed by atoms with van der Waals surface area (Å²) >= 11 is 0. The number of ether oxygens (including phenoxy) is 2. The maximum Gasteiger partial charge on any atom is 0.306 e. The van der Waals surface area contributed by atoms with Gasteiger partial charge >= 0.3 is 5.97 Å². The highest BCUT2D eigenvalue weighted by atomic mass is 16.5. The monoisotopic (exact) mass is 324 g/mol. The fourth-order valence-electron chi connectivity index (χ4n) is 2.53. The Balaban J connectivity index is 1.71. The first-order chi connectivity index (χ1) is 11.8. The van der Waals surface area contributed by atoms with Crippen LogP contribution in [0, 0.1) is 0 Å². The summed E-state index contributed by atoms with van der Waals surface area (Å²) in [6.07, 6.45) is 0.833. The van der Waals surface area contributed by atoms with Gasteiger partial charge in [0.1, 0.15) is 23.7 Å². The van der Waals surface area contributed by atoms with E-state index in [1.54, 1.807) is 6.92 Å². The van der Waals surface area contributed by atoms with Gasteiger partial charge in [0.2, 0.25) is 0 Å². The van der Waals surface area contributed by atoms with E-state index < -0.39 is 0 Å². The van der Waals surface area contributed by atoms with E-state index in [9.17, 15) is 4.79 Å². The second-order valence-corrected chi connectivity index (χ2v) is 5.46. The number of furan rings is 1. The summed E-state index contributed by atoms with van der Waals surface area (Å²) in [5, 5.41) is 0.923. The molecule has 3 aromatic rings. The number of hydrogen-bond acceptors (Lipinski definition) is 4. The molecular weight excluding hydrogens is 304 g/mol. The molecule has 0 atom stereocenters. The molecule has 0 radical (unpaired) electrons. The fourth-order valence-corrected chi connectivity index (χ4v) is 2.53. The Hall–Kier alpha value is -2.75. The van der Waals surface area contributed by atoms with Crippen molar-refractivity contribution in [2.45, 2.75) is 26.4 Å². The molecule has 2 aromatic carbocycles. The molecule has 1 heterocycles. The van der Waals surface area contributed by atoms with E-state index in [-0.39, 0.29) is 5.97 Å². The summed E-state index contributed by atoms with van der Waals surface area (Å²) < 4.78 is 16.7. The molecule has 0 saturated heterocycles. The number of rotatable bonds is 7. The molecule has 4 heteroatoms. The Labute approximate surface area is 141 Å². The Morgan fingerprint density at radius 3 is 2.71 bits per heavy atom. The third-order valence-corrected chi connectivity index (χ3v) is 3.69. The zero-order chi connectivity index (χ0) is 16.8. The van der Waals surface area contributed by atoms with Crippen molar-refractivity contribution >= 4 is 16.9 Å². The van der Waals surface area contributed by atoms with Crippen molar-refractivity contribution in [3.05, 3.63) is 65.9 Å². The minimum absolute atomic E-state index is 0.210. The van der Waals surface area contributed by atoms with Crippen LogP contribution in [0.3, 0.4) is 0 Å². The van der Waals surface area contributed by atoms with Gasteiger partial charge in [0.05, 0.1) is 18.4 Å². The summed E-state index contributed by atoms with van der Waals surface area (Å²) in [5.41, 5.74) is 1.87. The number of aryl methyl sites for hydroxylation is 1. The molecule has 0 spiro atoms. The van der Waals surface area contributed by atoms with Crippen LogP contribution < -0.4 is 4.74 Å². The Bertz CT molecular complexity index is 805. The van der Waals surface area contributed by atoms with Crippen LogP contribution in [0.2, 0.25) is 0 Å². The molecule has 0 N–H and O–H groups in total. The molecular formula is C20H20O4. The molecule has 3 rings (SSSR count). The summed E-state index contributed by atoms with van der Waals surface area (Å²) in [5.74, 6) is 1.33.